The minimum Gasteiger partial charge on any atom is -0.507 e. The van der Waals surface area contributed by atoms with Crippen molar-refractivity contribution >= 4 is 11.6 Å². The molecule has 0 saturated heterocycles. The average Bonchev–Trinajstić information content (AvgIpc) is 2.32. The summed E-state index contributed by atoms with van der Waals surface area (Å²) in [6, 6.07) is 14.4. The summed E-state index contributed by atoms with van der Waals surface area (Å²) >= 11 is 5.82. The van der Waals surface area contributed by atoms with Crippen molar-refractivity contribution in [3.63, 3.8) is 0 Å². The van der Waals surface area contributed by atoms with Gasteiger partial charge in [-0.1, -0.05) is 41.6 Å². The minimum atomic E-state index is 0.146. The third-order valence-electron chi connectivity index (χ3n) is 2.07. The molecule has 0 heterocycles. The molecule has 2 aromatic rings. The molecule has 0 aromatic heterocycles. The van der Waals surface area contributed by atoms with Gasteiger partial charge in [0.25, 0.3) is 0 Å². The van der Waals surface area contributed by atoms with Crippen molar-refractivity contribution < 1.29 is 5.11 Å². The van der Waals surface area contributed by atoms with Gasteiger partial charge in [0, 0.05) is 10.6 Å². The van der Waals surface area contributed by atoms with Gasteiger partial charge >= 0.3 is 0 Å². The fraction of sp³-hybridized carbons (Fsp3) is 0. The molecule has 0 unspecified atom stereocenters. The maximum absolute atomic E-state index is 9.55. The molecule has 0 spiro atoms. The molecule has 78 valence electrons. The van der Waals surface area contributed by atoms with Crippen LogP contribution in [0.3, 0.4) is 0 Å². The predicted molar refractivity (Wildman–Crippen MR) is 65.5 cm³/mol. The smallest absolute Gasteiger partial charge is 0.131 e. The normalized spacial score (nSPS) is 9.31. The Labute approximate surface area is 99.3 Å². The molecular formula is C14H9ClO. The molecule has 0 fully saturated rings. The zero-order valence-corrected chi connectivity index (χ0v) is 9.20. The van der Waals surface area contributed by atoms with Gasteiger partial charge in [0.15, 0.2) is 0 Å². The van der Waals surface area contributed by atoms with Crippen molar-refractivity contribution in [3.05, 3.63) is 64.7 Å². The van der Waals surface area contributed by atoms with E-state index in [-0.39, 0.29) is 5.75 Å². The van der Waals surface area contributed by atoms with Crippen molar-refractivity contribution in [2.24, 2.45) is 0 Å². The first-order valence-electron chi connectivity index (χ1n) is 4.81. The molecular weight excluding hydrogens is 220 g/mol. The molecule has 2 aromatic carbocycles. The third-order valence-corrected chi connectivity index (χ3v) is 2.31. The summed E-state index contributed by atoms with van der Waals surface area (Å²) in [7, 11) is 0. The van der Waals surface area contributed by atoms with Crippen LogP contribution in [-0.4, -0.2) is 5.11 Å². The van der Waals surface area contributed by atoms with Crippen LogP contribution in [0.15, 0.2) is 48.5 Å². The van der Waals surface area contributed by atoms with Crippen LogP contribution in [0.25, 0.3) is 0 Å². The molecule has 2 rings (SSSR count). The van der Waals surface area contributed by atoms with E-state index in [1.807, 2.05) is 30.3 Å². The largest absolute Gasteiger partial charge is 0.507 e. The molecule has 2 heteroatoms. The van der Waals surface area contributed by atoms with Gasteiger partial charge in [-0.15, -0.1) is 0 Å². The van der Waals surface area contributed by atoms with Gasteiger partial charge in [0.05, 0.1) is 5.56 Å². The second-order valence-corrected chi connectivity index (χ2v) is 3.71. The highest BCUT2D eigenvalue weighted by molar-refractivity contribution is 6.30. The molecule has 0 aliphatic rings. The van der Waals surface area contributed by atoms with Crippen LogP contribution in [0.5, 0.6) is 5.75 Å². The molecule has 16 heavy (non-hydrogen) atoms. The van der Waals surface area contributed by atoms with Crippen molar-refractivity contribution in [3.8, 4) is 17.6 Å². The Morgan fingerprint density at radius 3 is 2.44 bits per heavy atom. The summed E-state index contributed by atoms with van der Waals surface area (Å²) in [6.07, 6.45) is 0. The highest BCUT2D eigenvalue weighted by Gasteiger charge is 1.97. The number of phenols is 1. The van der Waals surface area contributed by atoms with Crippen LogP contribution in [0.2, 0.25) is 5.02 Å². The number of aromatic hydroxyl groups is 1. The maximum Gasteiger partial charge on any atom is 0.131 e. The summed E-state index contributed by atoms with van der Waals surface area (Å²) in [5.41, 5.74) is 1.44. The maximum atomic E-state index is 9.55. The fourth-order valence-electron chi connectivity index (χ4n) is 1.27. The first-order chi connectivity index (χ1) is 7.75. The topological polar surface area (TPSA) is 20.2 Å². The van der Waals surface area contributed by atoms with Crippen molar-refractivity contribution in [2.45, 2.75) is 0 Å². The van der Waals surface area contributed by atoms with E-state index in [0.717, 1.165) is 5.56 Å². The van der Waals surface area contributed by atoms with Crippen LogP contribution >= 0.6 is 11.6 Å². The lowest BCUT2D eigenvalue weighted by Crippen LogP contribution is -1.77. The first-order valence-corrected chi connectivity index (χ1v) is 5.19. The van der Waals surface area contributed by atoms with Crippen molar-refractivity contribution in [2.75, 3.05) is 0 Å². The first kappa shape index (κ1) is 10.6. The minimum absolute atomic E-state index is 0.146. The van der Waals surface area contributed by atoms with Crippen LogP contribution in [0, 0.1) is 11.8 Å². The predicted octanol–water partition coefficient (Wildman–Crippen LogP) is 3.45. The summed E-state index contributed by atoms with van der Waals surface area (Å²) in [6.45, 7) is 0. The lowest BCUT2D eigenvalue weighted by atomic mass is 10.1. The van der Waals surface area contributed by atoms with E-state index in [0.29, 0.717) is 10.6 Å². The number of halogens is 1. The number of rotatable bonds is 0. The van der Waals surface area contributed by atoms with E-state index >= 15 is 0 Å². The molecule has 0 saturated carbocycles. The van der Waals surface area contributed by atoms with Gasteiger partial charge in [-0.25, -0.2) is 0 Å². The van der Waals surface area contributed by atoms with Gasteiger partial charge in [0.2, 0.25) is 0 Å². The van der Waals surface area contributed by atoms with Crippen molar-refractivity contribution in [1.82, 2.24) is 0 Å². The molecule has 0 radical (unpaired) electrons. The van der Waals surface area contributed by atoms with Gasteiger partial charge in [-0.05, 0) is 30.3 Å². The number of hydrogen-bond donors (Lipinski definition) is 1. The quantitative estimate of drug-likeness (QED) is 0.685. The van der Waals surface area contributed by atoms with Gasteiger partial charge in [-0.2, -0.15) is 0 Å². The zero-order valence-electron chi connectivity index (χ0n) is 8.44. The molecule has 1 N–H and O–H groups in total. The second-order valence-electron chi connectivity index (χ2n) is 3.28. The lowest BCUT2D eigenvalue weighted by molar-refractivity contribution is 0.474. The Morgan fingerprint density at radius 2 is 1.69 bits per heavy atom. The van der Waals surface area contributed by atoms with E-state index in [4.69, 9.17) is 11.6 Å². The van der Waals surface area contributed by atoms with Gasteiger partial charge < -0.3 is 5.11 Å². The van der Waals surface area contributed by atoms with Crippen LogP contribution in [0.4, 0.5) is 0 Å². The highest BCUT2D eigenvalue weighted by Crippen LogP contribution is 2.20. The van der Waals surface area contributed by atoms with E-state index in [2.05, 4.69) is 11.8 Å². The standard InChI is InChI=1S/C14H9ClO/c15-13-8-9-14(16)12(10-13)7-6-11-4-2-1-3-5-11/h1-5,8-10,16H. The molecule has 1 nitrogen and oxygen atoms in total. The number of hydrogen-bond acceptors (Lipinski definition) is 1. The second kappa shape index (κ2) is 4.74. The Hall–Kier alpha value is -1.91. The van der Waals surface area contributed by atoms with E-state index < -0.39 is 0 Å². The SMILES string of the molecule is Oc1ccc(Cl)cc1C#Cc1ccccc1. The van der Waals surface area contributed by atoms with Gasteiger partial charge in [-0.3, -0.25) is 0 Å². The van der Waals surface area contributed by atoms with Crippen LogP contribution in [0.1, 0.15) is 11.1 Å². The van der Waals surface area contributed by atoms with E-state index in [1.54, 1.807) is 12.1 Å². The molecule has 0 amide bonds. The fourth-order valence-corrected chi connectivity index (χ4v) is 1.44. The number of benzene rings is 2. The monoisotopic (exact) mass is 228 g/mol. The molecule has 0 aliphatic carbocycles. The Morgan fingerprint density at radius 1 is 0.938 bits per heavy atom. The van der Waals surface area contributed by atoms with E-state index in [1.165, 1.54) is 6.07 Å². The Bertz CT molecular complexity index is 550. The zero-order chi connectivity index (χ0) is 11.4. The highest BCUT2D eigenvalue weighted by atomic mass is 35.5. The summed E-state index contributed by atoms with van der Waals surface area (Å²) in [5, 5.41) is 10.1. The third kappa shape index (κ3) is 2.56. The van der Waals surface area contributed by atoms with Gasteiger partial charge in [0.1, 0.15) is 5.75 Å². The molecule has 0 bridgehead atoms. The van der Waals surface area contributed by atoms with E-state index in [9.17, 15) is 5.11 Å². The average molecular weight is 229 g/mol. The van der Waals surface area contributed by atoms with Crippen LogP contribution in [-0.2, 0) is 0 Å². The van der Waals surface area contributed by atoms with Crippen molar-refractivity contribution in [1.29, 1.82) is 0 Å². The lowest BCUT2D eigenvalue weighted by Gasteiger charge is -1.96. The van der Waals surface area contributed by atoms with Crippen LogP contribution < -0.4 is 0 Å². The number of phenolic OH excluding ortho intramolecular Hbond substituents is 1. The summed E-state index contributed by atoms with van der Waals surface area (Å²) in [4.78, 5) is 0. The molecule has 0 aliphatic heterocycles. The molecule has 0 atom stereocenters. The Kier molecular flexibility index (Phi) is 3.14. The summed E-state index contributed by atoms with van der Waals surface area (Å²) < 4.78 is 0. The summed E-state index contributed by atoms with van der Waals surface area (Å²) in [5.74, 6) is 5.99. The Balaban J connectivity index is 2.34.